The van der Waals surface area contributed by atoms with E-state index in [2.05, 4.69) is 71.3 Å². The van der Waals surface area contributed by atoms with Gasteiger partial charge in [-0.2, -0.15) is 0 Å². The predicted molar refractivity (Wildman–Crippen MR) is 110 cm³/mol. The number of piperazine rings is 1. The van der Waals surface area contributed by atoms with Crippen LogP contribution >= 0.6 is 0 Å². The van der Waals surface area contributed by atoms with E-state index in [1.54, 1.807) is 0 Å². The lowest BCUT2D eigenvalue weighted by Gasteiger charge is -2.33. The van der Waals surface area contributed by atoms with Crippen LogP contribution in [-0.4, -0.2) is 55.7 Å². The number of hydrogen-bond donors (Lipinski definition) is 0. The molecular formula is C23H28N2O. The molecule has 0 saturated carbocycles. The van der Waals surface area contributed by atoms with Gasteiger partial charge in [-0.3, -0.25) is 0 Å². The van der Waals surface area contributed by atoms with E-state index >= 15 is 0 Å². The molecule has 0 atom stereocenters. The molecule has 3 aromatic rings. The van der Waals surface area contributed by atoms with Crippen LogP contribution in [0, 0.1) is 0 Å². The van der Waals surface area contributed by atoms with Gasteiger partial charge in [-0.05, 0) is 29.8 Å². The number of hydrogen-bond acceptors (Lipinski definition) is 3. The molecule has 1 fully saturated rings. The van der Waals surface area contributed by atoms with Crippen molar-refractivity contribution in [2.75, 3.05) is 45.9 Å². The van der Waals surface area contributed by atoms with E-state index in [-0.39, 0.29) is 0 Å². The zero-order chi connectivity index (χ0) is 17.8. The molecule has 0 radical (unpaired) electrons. The Morgan fingerprint density at radius 2 is 1.38 bits per heavy atom. The van der Waals surface area contributed by atoms with Crippen LogP contribution in [0.1, 0.15) is 13.3 Å². The maximum Gasteiger partial charge on any atom is 0.134 e. The second-order valence-electron chi connectivity index (χ2n) is 7.13. The van der Waals surface area contributed by atoms with Gasteiger partial charge in [0.2, 0.25) is 0 Å². The lowest BCUT2D eigenvalue weighted by Crippen LogP contribution is -2.46. The minimum atomic E-state index is 0.770. The summed E-state index contributed by atoms with van der Waals surface area (Å²) in [4.78, 5) is 5.09. The number of nitrogens with zero attached hydrogens (tertiary/aromatic N) is 2. The topological polar surface area (TPSA) is 15.7 Å². The molecule has 3 heteroatoms. The molecule has 0 amide bonds. The van der Waals surface area contributed by atoms with Gasteiger partial charge in [0.15, 0.2) is 0 Å². The Morgan fingerprint density at radius 3 is 2.00 bits per heavy atom. The van der Waals surface area contributed by atoms with Crippen molar-refractivity contribution in [3.05, 3.63) is 54.6 Å². The van der Waals surface area contributed by atoms with Crippen LogP contribution in [0.3, 0.4) is 0 Å². The fraction of sp³-hybridized carbons (Fsp3) is 0.391. The minimum Gasteiger partial charge on any atom is -0.492 e. The molecule has 26 heavy (non-hydrogen) atoms. The van der Waals surface area contributed by atoms with Crippen LogP contribution in [0.2, 0.25) is 0 Å². The zero-order valence-electron chi connectivity index (χ0n) is 15.7. The molecule has 1 heterocycles. The molecular weight excluding hydrogens is 320 g/mol. The van der Waals surface area contributed by atoms with E-state index in [4.69, 9.17) is 4.74 Å². The third-order valence-electron chi connectivity index (χ3n) is 5.50. The molecule has 0 bridgehead atoms. The monoisotopic (exact) mass is 348 g/mol. The fourth-order valence-corrected chi connectivity index (χ4v) is 3.92. The Bertz CT molecular complexity index is 814. The van der Waals surface area contributed by atoms with Crippen LogP contribution in [0.4, 0.5) is 0 Å². The van der Waals surface area contributed by atoms with Crippen molar-refractivity contribution in [2.45, 2.75) is 13.3 Å². The maximum absolute atomic E-state index is 6.33. The quantitative estimate of drug-likeness (QED) is 0.485. The summed E-state index contributed by atoms with van der Waals surface area (Å²) in [5.74, 6) is 1.04. The standard InChI is InChI=1S/C23H28N2O/c1-2-24-13-15-25(16-14-24)12-7-17-26-23-21-10-5-3-8-19(21)18-20-9-4-6-11-22(20)23/h3-6,8-11,18H,2,7,12-17H2,1H3. The summed E-state index contributed by atoms with van der Waals surface area (Å²) in [6.07, 6.45) is 1.07. The van der Waals surface area contributed by atoms with E-state index in [9.17, 15) is 0 Å². The van der Waals surface area contributed by atoms with Gasteiger partial charge in [0.05, 0.1) is 6.61 Å². The van der Waals surface area contributed by atoms with Crippen LogP contribution in [0.25, 0.3) is 21.5 Å². The van der Waals surface area contributed by atoms with Gasteiger partial charge in [-0.25, -0.2) is 0 Å². The van der Waals surface area contributed by atoms with Crippen molar-refractivity contribution < 1.29 is 4.74 Å². The SMILES string of the molecule is CCN1CCN(CCCOc2c3ccccc3cc3ccccc23)CC1. The molecule has 1 saturated heterocycles. The highest BCUT2D eigenvalue weighted by Crippen LogP contribution is 2.34. The largest absolute Gasteiger partial charge is 0.492 e. The number of rotatable bonds is 6. The van der Waals surface area contributed by atoms with Crippen molar-refractivity contribution in [2.24, 2.45) is 0 Å². The molecule has 136 valence electrons. The fourth-order valence-electron chi connectivity index (χ4n) is 3.92. The van der Waals surface area contributed by atoms with Crippen molar-refractivity contribution in [1.82, 2.24) is 9.80 Å². The second-order valence-corrected chi connectivity index (χ2v) is 7.13. The van der Waals surface area contributed by atoms with Crippen LogP contribution in [0.5, 0.6) is 5.75 Å². The van der Waals surface area contributed by atoms with E-state index in [1.165, 1.54) is 54.3 Å². The minimum absolute atomic E-state index is 0.770. The van der Waals surface area contributed by atoms with Crippen molar-refractivity contribution in [1.29, 1.82) is 0 Å². The molecule has 0 spiro atoms. The predicted octanol–water partition coefficient (Wildman–Crippen LogP) is 4.40. The lowest BCUT2D eigenvalue weighted by atomic mass is 10.0. The molecule has 0 aliphatic carbocycles. The Labute approximate surface area is 156 Å². The summed E-state index contributed by atoms with van der Waals surface area (Å²) in [5.41, 5.74) is 0. The van der Waals surface area contributed by atoms with Gasteiger partial charge < -0.3 is 14.5 Å². The number of benzene rings is 3. The van der Waals surface area contributed by atoms with Gasteiger partial charge >= 0.3 is 0 Å². The summed E-state index contributed by atoms with van der Waals surface area (Å²) < 4.78 is 6.33. The Morgan fingerprint density at radius 1 is 0.808 bits per heavy atom. The summed E-state index contributed by atoms with van der Waals surface area (Å²) in [6, 6.07) is 19.3. The first-order chi connectivity index (χ1) is 12.8. The average molecular weight is 348 g/mol. The van der Waals surface area contributed by atoms with Crippen LogP contribution in [-0.2, 0) is 0 Å². The molecule has 1 aliphatic rings. The van der Waals surface area contributed by atoms with E-state index in [1.807, 2.05) is 0 Å². The first-order valence-corrected chi connectivity index (χ1v) is 9.83. The van der Waals surface area contributed by atoms with Crippen molar-refractivity contribution >= 4 is 21.5 Å². The zero-order valence-corrected chi connectivity index (χ0v) is 15.7. The van der Waals surface area contributed by atoms with Gasteiger partial charge in [0, 0.05) is 43.5 Å². The molecule has 0 unspecified atom stereocenters. The first-order valence-electron chi connectivity index (χ1n) is 9.83. The van der Waals surface area contributed by atoms with E-state index in [0.29, 0.717) is 0 Å². The highest BCUT2D eigenvalue weighted by molar-refractivity contribution is 6.05. The average Bonchev–Trinajstić information content (AvgIpc) is 2.71. The maximum atomic E-state index is 6.33. The Kier molecular flexibility index (Phi) is 5.37. The number of fused-ring (bicyclic) bond motifs is 2. The van der Waals surface area contributed by atoms with Gasteiger partial charge in [-0.15, -0.1) is 0 Å². The van der Waals surface area contributed by atoms with Gasteiger partial charge in [0.25, 0.3) is 0 Å². The molecule has 3 nitrogen and oxygen atoms in total. The third kappa shape index (κ3) is 3.69. The van der Waals surface area contributed by atoms with E-state index < -0.39 is 0 Å². The molecule has 1 aliphatic heterocycles. The molecule has 3 aromatic carbocycles. The second kappa shape index (κ2) is 8.07. The van der Waals surface area contributed by atoms with Crippen LogP contribution in [0.15, 0.2) is 54.6 Å². The smallest absolute Gasteiger partial charge is 0.134 e. The van der Waals surface area contributed by atoms with E-state index in [0.717, 1.165) is 25.3 Å². The summed E-state index contributed by atoms with van der Waals surface area (Å²) in [5, 5.41) is 4.92. The summed E-state index contributed by atoms with van der Waals surface area (Å²) in [6.45, 7) is 10.1. The number of ether oxygens (including phenoxy) is 1. The third-order valence-corrected chi connectivity index (χ3v) is 5.50. The molecule has 0 aromatic heterocycles. The molecule has 0 N–H and O–H groups in total. The van der Waals surface area contributed by atoms with Gasteiger partial charge in [0.1, 0.15) is 5.75 Å². The highest BCUT2D eigenvalue weighted by Gasteiger charge is 2.15. The Hall–Kier alpha value is -2.10. The molecule has 4 rings (SSSR count). The van der Waals surface area contributed by atoms with Crippen LogP contribution < -0.4 is 4.74 Å². The van der Waals surface area contributed by atoms with Gasteiger partial charge in [-0.1, -0.05) is 55.5 Å². The lowest BCUT2D eigenvalue weighted by molar-refractivity contribution is 0.131. The normalized spacial score (nSPS) is 16.3. The summed E-state index contributed by atoms with van der Waals surface area (Å²) in [7, 11) is 0. The Balaban J connectivity index is 1.43. The summed E-state index contributed by atoms with van der Waals surface area (Å²) >= 11 is 0. The van der Waals surface area contributed by atoms with Crippen molar-refractivity contribution in [3.63, 3.8) is 0 Å². The first kappa shape index (κ1) is 17.3. The highest BCUT2D eigenvalue weighted by atomic mass is 16.5. The number of likely N-dealkylation sites (N-methyl/N-ethyl adjacent to an activating group) is 1. The van der Waals surface area contributed by atoms with Crippen molar-refractivity contribution in [3.8, 4) is 5.75 Å².